The number of nitrogens with one attached hydrogen (secondary N) is 1. The first kappa shape index (κ1) is 17.1. The summed E-state index contributed by atoms with van der Waals surface area (Å²) in [6, 6.07) is 5.00. The van der Waals surface area contributed by atoms with Crippen LogP contribution in [0.4, 0.5) is 0 Å². The Kier molecular flexibility index (Phi) is 4.88. The van der Waals surface area contributed by atoms with Crippen molar-refractivity contribution < 1.29 is 19.4 Å². The molecule has 0 aliphatic rings. The number of ketones is 1. The number of nitrogens with zero attached hydrogens (tertiary/aromatic N) is 1. The van der Waals surface area contributed by atoms with Gasteiger partial charge in [0.05, 0.1) is 14.2 Å². The normalized spacial score (nSPS) is 10.8. The summed E-state index contributed by atoms with van der Waals surface area (Å²) in [5.41, 5.74) is -1.63. The maximum absolute atomic E-state index is 12.2. The summed E-state index contributed by atoms with van der Waals surface area (Å²) in [7, 11) is 4.23. The monoisotopic (exact) mass is 332 g/mol. The molecule has 0 aliphatic carbocycles. The number of aromatic hydroxyl groups is 1. The topological polar surface area (TPSA) is 111 Å². The van der Waals surface area contributed by atoms with Crippen molar-refractivity contribution in [3.05, 3.63) is 56.2 Å². The zero-order chi connectivity index (χ0) is 17.9. The van der Waals surface area contributed by atoms with Crippen LogP contribution >= 0.6 is 0 Å². The Labute approximate surface area is 136 Å². The van der Waals surface area contributed by atoms with E-state index in [0.717, 1.165) is 10.6 Å². The van der Waals surface area contributed by atoms with Gasteiger partial charge in [-0.2, -0.15) is 0 Å². The van der Waals surface area contributed by atoms with Gasteiger partial charge in [-0.25, -0.2) is 4.79 Å². The van der Waals surface area contributed by atoms with Crippen LogP contribution in [0.15, 0.2) is 33.9 Å². The fourth-order valence-electron chi connectivity index (χ4n) is 2.04. The van der Waals surface area contributed by atoms with Gasteiger partial charge in [0, 0.05) is 7.05 Å². The van der Waals surface area contributed by atoms with E-state index >= 15 is 0 Å². The highest BCUT2D eigenvalue weighted by Gasteiger charge is 2.17. The Bertz CT molecular complexity index is 923. The van der Waals surface area contributed by atoms with Crippen LogP contribution < -0.4 is 20.7 Å². The minimum absolute atomic E-state index is 0.481. The molecule has 126 valence electrons. The molecule has 0 saturated carbocycles. The Morgan fingerprint density at radius 3 is 2.50 bits per heavy atom. The number of allylic oxidation sites excluding steroid dienone is 1. The SMILES string of the molecule is COc1ccc(C=CC(=O)c2c(O)n(C)c(=O)[nH]c2=O)cc1OC. The molecule has 8 heteroatoms. The molecule has 0 amide bonds. The molecule has 0 bridgehead atoms. The molecule has 2 aromatic rings. The van der Waals surface area contributed by atoms with Crippen LogP contribution in [0.2, 0.25) is 0 Å². The molecular weight excluding hydrogens is 316 g/mol. The van der Waals surface area contributed by atoms with E-state index in [4.69, 9.17) is 9.47 Å². The van der Waals surface area contributed by atoms with Gasteiger partial charge in [0.15, 0.2) is 17.3 Å². The van der Waals surface area contributed by atoms with E-state index in [1.165, 1.54) is 27.3 Å². The highest BCUT2D eigenvalue weighted by molar-refractivity contribution is 6.08. The van der Waals surface area contributed by atoms with Gasteiger partial charge in [-0.05, 0) is 23.8 Å². The van der Waals surface area contributed by atoms with Gasteiger partial charge in [0.25, 0.3) is 5.56 Å². The summed E-state index contributed by atoms with van der Waals surface area (Å²) in [5, 5.41) is 9.83. The van der Waals surface area contributed by atoms with Crippen molar-refractivity contribution in [3.8, 4) is 17.4 Å². The fraction of sp³-hybridized carbons (Fsp3) is 0.188. The van der Waals surface area contributed by atoms with E-state index in [-0.39, 0.29) is 0 Å². The first-order valence-electron chi connectivity index (χ1n) is 6.85. The summed E-state index contributed by atoms with van der Waals surface area (Å²) in [6.45, 7) is 0. The van der Waals surface area contributed by atoms with Crippen LogP contribution in [0.25, 0.3) is 6.08 Å². The molecule has 2 N–H and O–H groups in total. The number of methoxy groups -OCH3 is 2. The van der Waals surface area contributed by atoms with Crippen molar-refractivity contribution in [1.82, 2.24) is 9.55 Å². The molecule has 1 aromatic heterocycles. The van der Waals surface area contributed by atoms with Crippen LogP contribution in [0, 0.1) is 0 Å². The summed E-state index contributed by atoms with van der Waals surface area (Å²) < 4.78 is 11.1. The number of benzene rings is 1. The van der Waals surface area contributed by atoms with Gasteiger partial charge in [0.2, 0.25) is 5.88 Å². The lowest BCUT2D eigenvalue weighted by Crippen LogP contribution is -2.32. The van der Waals surface area contributed by atoms with Gasteiger partial charge in [-0.15, -0.1) is 0 Å². The van der Waals surface area contributed by atoms with Gasteiger partial charge in [-0.3, -0.25) is 19.1 Å². The summed E-state index contributed by atoms with van der Waals surface area (Å²) >= 11 is 0. The van der Waals surface area contributed by atoms with E-state index in [9.17, 15) is 19.5 Å². The average Bonchev–Trinajstić information content (AvgIpc) is 2.57. The molecule has 0 fully saturated rings. The molecule has 1 aromatic carbocycles. The van der Waals surface area contributed by atoms with Crippen molar-refractivity contribution in [1.29, 1.82) is 0 Å². The largest absolute Gasteiger partial charge is 0.494 e. The number of ether oxygens (including phenoxy) is 2. The summed E-state index contributed by atoms with van der Waals surface area (Å²) in [4.78, 5) is 37.2. The molecular formula is C16H16N2O6. The van der Waals surface area contributed by atoms with E-state index in [1.54, 1.807) is 18.2 Å². The van der Waals surface area contributed by atoms with Crippen LogP contribution in [0.1, 0.15) is 15.9 Å². The minimum atomic E-state index is -0.947. The quantitative estimate of drug-likeness (QED) is 0.616. The van der Waals surface area contributed by atoms with Crippen molar-refractivity contribution >= 4 is 11.9 Å². The van der Waals surface area contributed by atoms with Gasteiger partial charge >= 0.3 is 5.69 Å². The van der Waals surface area contributed by atoms with Crippen molar-refractivity contribution in [2.75, 3.05) is 14.2 Å². The predicted octanol–water partition coefficient (Wildman–Crippen LogP) is 0.693. The third-order valence-corrected chi connectivity index (χ3v) is 3.37. The summed E-state index contributed by atoms with van der Waals surface area (Å²) in [5.74, 6) is -0.409. The number of hydrogen-bond acceptors (Lipinski definition) is 6. The second-order valence-electron chi connectivity index (χ2n) is 4.83. The second kappa shape index (κ2) is 6.86. The zero-order valence-corrected chi connectivity index (χ0v) is 13.3. The van der Waals surface area contributed by atoms with Crippen LogP contribution in [-0.2, 0) is 7.05 Å². The smallest absolute Gasteiger partial charge is 0.330 e. The lowest BCUT2D eigenvalue weighted by atomic mass is 10.1. The summed E-state index contributed by atoms with van der Waals surface area (Å²) in [6.07, 6.45) is 2.57. The minimum Gasteiger partial charge on any atom is -0.494 e. The molecule has 0 unspecified atom stereocenters. The molecule has 24 heavy (non-hydrogen) atoms. The standard InChI is InChI=1S/C16H16N2O6/c1-18-15(21)13(14(20)17-16(18)22)10(19)6-4-9-5-7-11(23-2)12(8-9)24-3/h4-8,21H,1-3H3,(H,17,20,22). The third-order valence-electron chi connectivity index (χ3n) is 3.37. The zero-order valence-electron chi connectivity index (χ0n) is 13.3. The molecule has 1 heterocycles. The number of carbonyl (C=O) groups is 1. The Morgan fingerprint density at radius 2 is 1.88 bits per heavy atom. The van der Waals surface area contributed by atoms with Crippen LogP contribution in [0.3, 0.4) is 0 Å². The Morgan fingerprint density at radius 1 is 1.21 bits per heavy atom. The van der Waals surface area contributed by atoms with Crippen LogP contribution in [0.5, 0.6) is 17.4 Å². The van der Waals surface area contributed by atoms with Crippen molar-refractivity contribution in [2.24, 2.45) is 7.05 Å². The lowest BCUT2D eigenvalue weighted by molar-refractivity contribution is 0.104. The van der Waals surface area contributed by atoms with E-state index in [2.05, 4.69) is 0 Å². The Hall–Kier alpha value is -3.29. The molecule has 0 aliphatic heterocycles. The number of hydrogen-bond donors (Lipinski definition) is 2. The van der Waals surface area contributed by atoms with Crippen molar-refractivity contribution in [2.45, 2.75) is 0 Å². The average molecular weight is 332 g/mol. The predicted molar refractivity (Wildman–Crippen MR) is 86.9 cm³/mol. The van der Waals surface area contributed by atoms with E-state index in [0.29, 0.717) is 17.1 Å². The molecule has 0 radical (unpaired) electrons. The van der Waals surface area contributed by atoms with Crippen molar-refractivity contribution in [3.63, 3.8) is 0 Å². The van der Waals surface area contributed by atoms with Gasteiger partial charge in [-0.1, -0.05) is 12.1 Å². The van der Waals surface area contributed by atoms with E-state index in [1.807, 2.05) is 4.98 Å². The molecule has 0 spiro atoms. The number of H-pyrrole nitrogens is 1. The highest BCUT2D eigenvalue weighted by atomic mass is 16.5. The maximum Gasteiger partial charge on any atom is 0.330 e. The number of carbonyl (C=O) groups excluding carboxylic acids is 1. The van der Waals surface area contributed by atoms with Crippen LogP contribution in [-0.4, -0.2) is 34.7 Å². The number of aromatic nitrogens is 2. The first-order chi connectivity index (χ1) is 11.4. The Balaban J connectivity index is 2.37. The van der Waals surface area contributed by atoms with Gasteiger partial charge in [0.1, 0.15) is 5.56 Å². The second-order valence-corrected chi connectivity index (χ2v) is 4.83. The first-order valence-corrected chi connectivity index (χ1v) is 6.85. The molecule has 8 nitrogen and oxygen atoms in total. The molecule has 0 saturated heterocycles. The molecule has 2 rings (SSSR count). The maximum atomic E-state index is 12.2. The highest BCUT2D eigenvalue weighted by Crippen LogP contribution is 2.28. The number of aromatic amines is 1. The fourth-order valence-corrected chi connectivity index (χ4v) is 2.04. The third kappa shape index (κ3) is 3.22. The van der Waals surface area contributed by atoms with Gasteiger partial charge < -0.3 is 14.6 Å². The molecule has 0 atom stereocenters. The lowest BCUT2D eigenvalue weighted by Gasteiger charge is -2.07. The van der Waals surface area contributed by atoms with E-state index < -0.39 is 28.5 Å². The number of rotatable bonds is 5.